The standard InChI is InChI=1S/C9H12Cl2N2OS/c1-2-5(12)4-13-9(14)6-3-7(10)15-8(6)11/h3,5H,2,4,12H2,1H3,(H,13,14). The first-order valence-corrected chi connectivity index (χ1v) is 6.10. The van der Waals surface area contributed by atoms with Crippen LogP contribution < -0.4 is 11.1 Å². The second-order valence-corrected chi connectivity index (χ2v) is 5.40. The normalized spacial score (nSPS) is 12.5. The van der Waals surface area contributed by atoms with Crippen molar-refractivity contribution in [3.8, 4) is 0 Å². The third-order valence-corrected chi connectivity index (χ3v) is 3.44. The number of carbonyl (C=O) groups is 1. The summed E-state index contributed by atoms with van der Waals surface area (Å²) in [5.41, 5.74) is 6.08. The van der Waals surface area contributed by atoms with Crippen molar-refractivity contribution in [2.45, 2.75) is 19.4 Å². The Kier molecular flexibility index (Phi) is 4.86. The molecule has 1 rings (SSSR count). The predicted molar refractivity (Wildman–Crippen MR) is 64.9 cm³/mol. The summed E-state index contributed by atoms with van der Waals surface area (Å²) in [4.78, 5) is 11.6. The van der Waals surface area contributed by atoms with Crippen molar-refractivity contribution in [2.24, 2.45) is 5.73 Å². The fourth-order valence-corrected chi connectivity index (χ4v) is 2.42. The smallest absolute Gasteiger partial charge is 0.253 e. The second kappa shape index (κ2) is 5.70. The van der Waals surface area contributed by atoms with Gasteiger partial charge in [-0.2, -0.15) is 0 Å². The molecular weight excluding hydrogens is 255 g/mol. The molecular formula is C9H12Cl2N2OS. The van der Waals surface area contributed by atoms with Crippen LogP contribution in [-0.2, 0) is 0 Å². The summed E-state index contributed by atoms with van der Waals surface area (Å²) in [5, 5.41) is 2.70. The van der Waals surface area contributed by atoms with E-state index < -0.39 is 0 Å². The van der Waals surface area contributed by atoms with Gasteiger partial charge in [-0.15, -0.1) is 11.3 Å². The van der Waals surface area contributed by atoms with Crippen LogP contribution in [0.3, 0.4) is 0 Å². The van der Waals surface area contributed by atoms with Gasteiger partial charge in [-0.05, 0) is 12.5 Å². The molecule has 15 heavy (non-hydrogen) atoms. The molecule has 0 fully saturated rings. The first-order chi connectivity index (χ1) is 7.04. The van der Waals surface area contributed by atoms with E-state index in [1.165, 1.54) is 11.3 Å². The topological polar surface area (TPSA) is 55.1 Å². The summed E-state index contributed by atoms with van der Waals surface area (Å²) in [6.45, 7) is 2.41. The Morgan fingerprint density at radius 3 is 2.80 bits per heavy atom. The number of carbonyl (C=O) groups excluding carboxylic acids is 1. The van der Waals surface area contributed by atoms with Crippen LogP contribution in [0.5, 0.6) is 0 Å². The molecule has 0 bridgehead atoms. The first-order valence-electron chi connectivity index (χ1n) is 4.53. The number of rotatable bonds is 4. The van der Waals surface area contributed by atoms with Crippen LogP contribution in [0.15, 0.2) is 6.07 Å². The molecule has 1 unspecified atom stereocenters. The monoisotopic (exact) mass is 266 g/mol. The SMILES string of the molecule is CCC(N)CNC(=O)c1cc(Cl)sc1Cl. The molecule has 1 aromatic rings. The molecule has 3 nitrogen and oxygen atoms in total. The molecule has 0 saturated heterocycles. The molecule has 1 atom stereocenters. The number of amides is 1. The minimum Gasteiger partial charge on any atom is -0.350 e. The molecule has 1 amide bonds. The van der Waals surface area contributed by atoms with E-state index in [9.17, 15) is 4.79 Å². The zero-order valence-corrected chi connectivity index (χ0v) is 10.5. The van der Waals surface area contributed by atoms with Crippen molar-refractivity contribution >= 4 is 40.4 Å². The Balaban J connectivity index is 2.58. The van der Waals surface area contributed by atoms with Crippen LogP contribution in [0, 0.1) is 0 Å². The van der Waals surface area contributed by atoms with Gasteiger partial charge in [-0.25, -0.2) is 0 Å². The van der Waals surface area contributed by atoms with E-state index in [0.29, 0.717) is 20.8 Å². The summed E-state index contributed by atoms with van der Waals surface area (Å²) >= 11 is 12.7. The molecule has 1 aromatic heterocycles. The van der Waals surface area contributed by atoms with E-state index in [1.54, 1.807) is 6.07 Å². The van der Waals surface area contributed by atoms with Crippen LogP contribution in [-0.4, -0.2) is 18.5 Å². The fraction of sp³-hybridized carbons (Fsp3) is 0.444. The van der Waals surface area contributed by atoms with Crippen molar-refractivity contribution < 1.29 is 4.79 Å². The van der Waals surface area contributed by atoms with Crippen molar-refractivity contribution in [1.82, 2.24) is 5.32 Å². The molecule has 84 valence electrons. The Labute approximate surface area is 103 Å². The van der Waals surface area contributed by atoms with E-state index in [4.69, 9.17) is 28.9 Å². The van der Waals surface area contributed by atoms with E-state index in [2.05, 4.69) is 5.32 Å². The molecule has 0 saturated carbocycles. The predicted octanol–water partition coefficient (Wildman–Crippen LogP) is 2.52. The van der Waals surface area contributed by atoms with E-state index in [0.717, 1.165) is 6.42 Å². The van der Waals surface area contributed by atoms with Gasteiger partial charge >= 0.3 is 0 Å². The van der Waals surface area contributed by atoms with Gasteiger partial charge in [-0.3, -0.25) is 4.79 Å². The highest BCUT2D eigenvalue weighted by atomic mass is 35.5. The molecule has 6 heteroatoms. The molecule has 1 heterocycles. The Hall–Kier alpha value is -0.290. The van der Waals surface area contributed by atoms with Gasteiger partial charge in [0.2, 0.25) is 0 Å². The van der Waals surface area contributed by atoms with Gasteiger partial charge in [-0.1, -0.05) is 30.1 Å². The Morgan fingerprint density at radius 2 is 2.33 bits per heavy atom. The first kappa shape index (κ1) is 12.8. The quantitative estimate of drug-likeness (QED) is 0.880. The van der Waals surface area contributed by atoms with Crippen molar-refractivity contribution in [1.29, 1.82) is 0 Å². The van der Waals surface area contributed by atoms with E-state index in [-0.39, 0.29) is 11.9 Å². The largest absolute Gasteiger partial charge is 0.350 e. The lowest BCUT2D eigenvalue weighted by molar-refractivity contribution is 0.0951. The lowest BCUT2D eigenvalue weighted by Crippen LogP contribution is -2.36. The molecule has 0 radical (unpaired) electrons. The van der Waals surface area contributed by atoms with Crippen LogP contribution in [0.25, 0.3) is 0 Å². The third kappa shape index (κ3) is 3.65. The highest BCUT2D eigenvalue weighted by molar-refractivity contribution is 7.20. The van der Waals surface area contributed by atoms with Crippen molar-refractivity contribution in [3.05, 3.63) is 20.3 Å². The highest BCUT2D eigenvalue weighted by Gasteiger charge is 2.14. The van der Waals surface area contributed by atoms with Crippen LogP contribution in [0.4, 0.5) is 0 Å². The number of halogens is 2. The van der Waals surface area contributed by atoms with E-state index in [1.807, 2.05) is 6.92 Å². The summed E-state index contributed by atoms with van der Waals surface area (Å²) < 4.78 is 0.910. The number of nitrogens with one attached hydrogen (secondary N) is 1. The molecule has 0 aliphatic carbocycles. The summed E-state index contributed by atoms with van der Waals surface area (Å²) in [5.74, 6) is -0.230. The van der Waals surface area contributed by atoms with Gasteiger partial charge < -0.3 is 11.1 Å². The zero-order valence-electron chi connectivity index (χ0n) is 8.22. The number of nitrogens with two attached hydrogens (primary N) is 1. The summed E-state index contributed by atoms with van der Waals surface area (Å²) in [6, 6.07) is 1.53. The van der Waals surface area contributed by atoms with Gasteiger partial charge in [0.15, 0.2) is 0 Å². The van der Waals surface area contributed by atoms with Crippen molar-refractivity contribution in [3.63, 3.8) is 0 Å². The lowest BCUT2D eigenvalue weighted by Gasteiger charge is -2.09. The highest BCUT2D eigenvalue weighted by Crippen LogP contribution is 2.30. The van der Waals surface area contributed by atoms with Crippen LogP contribution in [0.1, 0.15) is 23.7 Å². The maximum Gasteiger partial charge on any atom is 0.253 e. The Morgan fingerprint density at radius 1 is 1.67 bits per heavy atom. The van der Waals surface area contributed by atoms with Gasteiger partial charge in [0, 0.05) is 12.6 Å². The fourth-order valence-electron chi connectivity index (χ4n) is 0.958. The molecule has 0 spiro atoms. The maximum absolute atomic E-state index is 11.6. The van der Waals surface area contributed by atoms with E-state index >= 15 is 0 Å². The number of hydrogen-bond acceptors (Lipinski definition) is 3. The summed E-state index contributed by atoms with van der Waals surface area (Å²) in [6.07, 6.45) is 0.818. The average Bonchev–Trinajstić information content (AvgIpc) is 2.53. The summed E-state index contributed by atoms with van der Waals surface area (Å²) in [7, 11) is 0. The molecule has 0 aliphatic rings. The number of thiophene rings is 1. The maximum atomic E-state index is 11.6. The zero-order chi connectivity index (χ0) is 11.4. The van der Waals surface area contributed by atoms with Gasteiger partial charge in [0.05, 0.1) is 9.90 Å². The van der Waals surface area contributed by atoms with Crippen molar-refractivity contribution in [2.75, 3.05) is 6.54 Å². The number of hydrogen-bond donors (Lipinski definition) is 2. The van der Waals surface area contributed by atoms with Crippen LogP contribution in [0.2, 0.25) is 8.67 Å². The molecule has 0 aliphatic heterocycles. The molecule has 0 aromatic carbocycles. The Bertz CT molecular complexity index is 354. The van der Waals surface area contributed by atoms with Gasteiger partial charge in [0.25, 0.3) is 5.91 Å². The molecule has 3 N–H and O–H groups in total. The minimum absolute atomic E-state index is 0.0261. The minimum atomic E-state index is -0.230. The second-order valence-electron chi connectivity index (χ2n) is 3.12. The van der Waals surface area contributed by atoms with Gasteiger partial charge in [0.1, 0.15) is 4.34 Å². The lowest BCUT2D eigenvalue weighted by atomic mass is 10.2. The average molecular weight is 267 g/mol. The third-order valence-electron chi connectivity index (χ3n) is 1.95. The van der Waals surface area contributed by atoms with Crippen LogP contribution >= 0.6 is 34.5 Å².